The van der Waals surface area contributed by atoms with Gasteiger partial charge in [0, 0.05) is 32.5 Å². The quantitative estimate of drug-likeness (QED) is 0.0943. The molecule has 3 aromatic rings. The van der Waals surface area contributed by atoms with Gasteiger partial charge in [-0.3, -0.25) is 4.68 Å². The maximum atomic E-state index is 12.9. The van der Waals surface area contributed by atoms with Crippen LogP contribution in [-0.4, -0.2) is 45.6 Å². The Morgan fingerprint density at radius 3 is 1.88 bits per heavy atom. The molecule has 0 aliphatic carbocycles. The highest BCUT2D eigenvalue weighted by molar-refractivity contribution is 7.89. The highest BCUT2D eigenvalue weighted by Crippen LogP contribution is 2.35. The van der Waals surface area contributed by atoms with E-state index in [9.17, 15) is 8.42 Å². The van der Waals surface area contributed by atoms with Crippen LogP contribution in [0.4, 0.5) is 17.1 Å². The number of rotatable bonds is 17. The Kier molecular flexibility index (Phi) is 11.9. The van der Waals surface area contributed by atoms with E-state index in [-0.39, 0.29) is 11.4 Å². The van der Waals surface area contributed by atoms with Crippen molar-refractivity contribution >= 4 is 35.2 Å². The molecule has 1 aromatic heterocycles. The molecule has 3 rings (SSSR count). The van der Waals surface area contributed by atoms with Crippen molar-refractivity contribution in [2.45, 2.75) is 69.4 Å². The fourth-order valence-electron chi connectivity index (χ4n) is 5.40. The van der Waals surface area contributed by atoms with Crippen molar-refractivity contribution in [2.24, 2.45) is 10.2 Å². The minimum atomic E-state index is -3.74. The molecule has 230 valence electrons. The van der Waals surface area contributed by atoms with Crippen molar-refractivity contribution in [3.63, 3.8) is 0 Å². The Balaban J connectivity index is 1.55. The van der Waals surface area contributed by atoms with E-state index in [0.29, 0.717) is 23.6 Å². The monoisotopic (exact) mass is 619 g/mol. The van der Waals surface area contributed by atoms with E-state index in [4.69, 9.17) is 0 Å². The van der Waals surface area contributed by atoms with Crippen molar-refractivity contribution in [1.29, 1.82) is 0 Å². The van der Waals surface area contributed by atoms with Gasteiger partial charge in [-0.05, 0) is 93.9 Å². The molecule has 1 N–H and O–H groups in total. The van der Waals surface area contributed by atoms with Gasteiger partial charge in [0.15, 0.2) is 0 Å². The molecule has 11 heteroatoms. The van der Waals surface area contributed by atoms with Crippen LogP contribution in [-0.2, 0) is 23.1 Å². The maximum Gasteiger partial charge on any atom is 0.240 e. The number of aryl methyl sites for hydroxylation is 1. The first kappa shape index (κ1) is 33.8. The van der Waals surface area contributed by atoms with Gasteiger partial charge in [0.1, 0.15) is 0 Å². The number of sulfonamides is 1. The van der Waals surface area contributed by atoms with Crippen LogP contribution in [0.2, 0.25) is 24.2 Å². The first-order valence-electron chi connectivity index (χ1n) is 14.4. The van der Waals surface area contributed by atoms with E-state index >= 15 is 0 Å². The van der Waals surface area contributed by atoms with E-state index in [1.807, 2.05) is 43.3 Å². The first-order chi connectivity index (χ1) is 20.3. The van der Waals surface area contributed by atoms with Gasteiger partial charge in [-0.1, -0.05) is 28.0 Å². The lowest BCUT2D eigenvalue weighted by molar-refractivity contribution is 0.575. The Morgan fingerprint density at radius 1 is 0.884 bits per heavy atom. The number of nitrogens with zero attached hydrogens (tertiary/aromatic N) is 6. The van der Waals surface area contributed by atoms with Crippen LogP contribution in [0, 0.1) is 0 Å². The van der Waals surface area contributed by atoms with E-state index in [1.54, 1.807) is 23.0 Å². The summed E-state index contributed by atoms with van der Waals surface area (Å²) in [5.41, 5.74) is 6.55. The summed E-state index contributed by atoms with van der Waals surface area (Å²) in [5.74, 6) is 0. The minimum absolute atomic E-state index is 0.0480. The van der Waals surface area contributed by atoms with Gasteiger partial charge in [-0.15, -0.1) is 24.8 Å². The van der Waals surface area contributed by atoms with Crippen LogP contribution in [0.5, 0.6) is 0 Å². The molecule has 43 heavy (non-hydrogen) atoms. The smallest absolute Gasteiger partial charge is 0.240 e. The van der Waals surface area contributed by atoms with E-state index < -0.39 is 18.1 Å². The van der Waals surface area contributed by atoms with Gasteiger partial charge < -0.3 is 4.90 Å². The van der Waals surface area contributed by atoms with Crippen LogP contribution >= 0.6 is 0 Å². The number of hydrogen-bond acceptors (Lipinski definition) is 7. The van der Waals surface area contributed by atoms with Crippen LogP contribution in [0.25, 0.3) is 0 Å². The summed E-state index contributed by atoms with van der Waals surface area (Å²) in [4.78, 5) is 2.15. The van der Waals surface area contributed by atoms with E-state index in [1.165, 1.54) is 28.9 Å². The molecule has 0 radical (unpaired) electrons. The third-order valence-electron chi connectivity index (χ3n) is 6.95. The molecule has 0 saturated heterocycles. The minimum Gasteiger partial charge on any atom is -0.378 e. The summed E-state index contributed by atoms with van der Waals surface area (Å²) in [6.45, 7) is 19.7. The van der Waals surface area contributed by atoms with Gasteiger partial charge in [0.25, 0.3) is 0 Å². The van der Waals surface area contributed by atoms with Gasteiger partial charge in [-0.2, -0.15) is 10.2 Å². The molecule has 0 spiro atoms. The molecule has 0 amide bonds. The van der Waals surface area contributed by atoms with Gasteiger partial charge in [-0.25, -0.2) is 13.1 Å². The fraction of sp³-hybridized carbons (Fsp3) is 0.375. The number of nitrogens with one attached hydrogen (secondary N) is 1. The van der Waals surface area contributed by atoms with Crippen LogP contribution in [0.1, 0.15) is 32.9 Å². The molecule has 0 aliphatic heterocycles. The molecule has 2 aromatic carbocycles. The average molecular weight is 620 g/mol. The van der Waals surface area contributed by atoms with Crippen molar-refractivity contribution in [1.82, 2.24) is 19.7 Å². The van der Waals surface area contributed by atoms with Crippen molar-refractivity contribution in [3.05, 3.63) is 96.9 Å². The molecular formula is C32H45N7O2SSi. The Labute approximate surface area is 258 Å². The largest absolute Gasteiger partial charge is 0.378 e. The first-order valence-corrected chi connectivity index (χ1v) is 18.7. The molecule has 0 unspecified atom stereocenters. The molecule has 9 nitrogen and oxygen atoms in total. The second kappa shape index (κ2) is 15.2. The summed E-state index contributed by atoms with van der Waals surface area (Å²) in [6, 6.07) is 18.3. The molecule has 1 heterocycles. The topological polar surface area (TPSA) is 105 Å². The third kappa shape index (κ3) is 10.8. The molecule has 0 aliphatic rings. The highest BCUT2D eigenvalue weighted by atomic mass is 32.2. The Morgan fingerprint density at radius 2 is 1.40 bits per heavy atom. The normalized spacial score (nSPS) is 12.0. The van der Waals surface area contributed by atoms with Crippen molar-refractivity contribution < 1.29 is 8.42 Å². The Hall–Kier alpha value is -3.67. The summed E-state index contributed by atoms with van der Waals surface area (Å²) < 4.78 is 30.2. The average Bonchev–Trinajstić information content (AvgIpc) is 3.38. The van der Waals surface area contributed by atoms with Crippen LogP contribution in [0.15, 0.2) is 106 Å². The zero-order chi connectivity index (χ0) is 31.6. The summed E-state index contributed by atoms with van der Waals surface area (Å²) >= 11 is 0. The van der Waals surface area contributed by atoms with Gasteiger partial charge >= 0.3 is 0 Å². The predicted molar refractivity (Wildman–Crippen MR) is 179 cm³/mol. The fourth-order valence-corrected chi connectivity index (χ4v) is 12.0. The lowest BCUT2D eigenvalue weighted by Crippen LogP contribution is -2.35. The standard InChI is InChI=1S/C32H45N7O2SSi/c1-25(2)22-43(23-26(3)4,24-27(5)6)19-9-18-39-21-30(36-37-39)20-33-42(40,41)32-16-12-29(13-17-32)35-34-28-10-14-31(15-11-28)38(7)8/h10-17,21,33H,1,3,5,9,18-20,22-24H2,2,4,6-8H3. The zero-order valence-corrected chi connectivity index (χ0v) is 28.0. The maximum absolute atomic E-state index is 12.9. The van der Waals surface area contributed by atoms with Crippen LogP contribution < -0.4 is 9.62 Å². The lowest BCUT2D eigenvalue weighted by atomic mass is 10.3. The third-order valence-corrected chi connectivity index (χ3v) is 13.8. The van der Waals surface area contributed by atoms with E-state index in [0.717, 1.165) is 36.3 Å². The van der Waals surface area contributed by atoms with E-state index in [2.05, 4.69) is 65.8 Å². The summed E-state index contributed by atoms with van der Waals surface area (Å²) in [7, 11) is -1.50. The number of aromatic nitrogens is 3. The number of anilines is 1. The van der Waals surface area contributed by atoms with Crippen molar-refractivity contribution in [3.8, 4) is 0 Å². The molecule has 0 fully saturated rings. The second-order valence-electron chi connectivity index (χ2n) is 11.9. The summed E-state index contributed by atoms with van der Waals surface area (Å²) in [6.07, 6.45) is 2.76. The van der Waals surface area contributed by atoms with Gasteiger partial charge in [0.05, 0.1) is 36.6 Å². The molecular weight excluding hydrogens is 575 g/mol. The zero-order valence-electron chi connectivity index (χ0n) is 26.2. The number of benzene rings is 2. The van der Waals surface area contributed by atoms with Crippen LogP contribution in [0.3, 0.4) is 0 Å². The second-order valence-corrected chi connectivity index (χ2v) is 18.2. The molecule has 0 atom stereocenters. The number of azo groups is 1. The molecule has 0 saturated carbocycles. The van der Waals surface area contributed by atoms with Crippen molar-refractivity contribution in [2.75, 3.05) is 19.0 Å². The molecule has 0 bridgehead atoms. The predicted octanol–water partition coefficient (Wildman–Crippen LogP) is 7.81. The highest BCUT2D eigenvalue weighted by Gasteiger charge is 2.32. The summed E-state index contributed by atoms with van der Waals surface area (Å²) in [5, 5.41) is 16.9. The number of hydrogen-bond donors (Lipinski definition) is 1. The lowest BCUT2D eigenvalue weighted by Gasteiger charge is -2.33. The number of allylic oxidation sites excluding steroid dienone is 3. The Bertz CT molecular complexity index is 1500. The SMILES string of the molecule is C=C(C)C[Si](CCCn1cc(CNS(=O)(=O)c2ccc(N=Nc3ccc(N(C)C)cc3)cc2)nn1)(CC(=C)C)CC(=C)C. The van der Waals surface area contributed by atoms with Gasteiger partial charge in [0.2, 0.25) is 10.0 Å².